The number of aryl methyl sites for hydroxylation is 6. The molecule has 8 aromatic heterocycles. The largest absolute Gasteiger partial charge is 0.478 e. The smallest absolute Gasteiger partial charge is 0.317 e. The molecule has 4 saturated heterocycles. The molecule has 0 bridgehead atoms. The van der Waals surface area contributed by atoms with Gasteiger partial charge in [0.2, 0.25) is 23.6 Å². The molecule has 0 aliphatic carbocycles. The summed E-state index contributed by atoms with van der Waals surface area (Å²) in [5.74, 6) is 5.24. The molecule has 148 heavy (non-hydrogen) atoms. The third kappa shape index (κ3) is 19.4. The molecule has 770 valence electrons. The number of carbonyl (C=O) groups is 4. The number of ether oxygens (including phenoxy) is 5. The Kier molecular flexibility index (Phi) is 28.3. The first kappa shape index (κ1) is 98.4. The summed E-state index contributed by atoms with van der Waals surface area (Å²) in [6, 6.07) is 42.8. The lowest BCUT2D eigenvalue weighted by atomic mass is 9.86. The van der Waals surface area contributed by atoms with E-state index in [0.29, 0.717) is 82.0 Å². The number of nitrogens with zero attached hydrogens (tertiary/aromatic N) is 24. The highest BCUT2D eigenvalue weighted by atomic mass is 16.5. The van der Waals surface area contributed by atoms with E-state index < -0.39 is 0 Å². The minimum Gasteiger partial charge on any atom is -0.478 e. The molecular weight excluding hydrogens is 1860 g/mol. The summed E-state index contributed by atoms with van der Waals surface area (Å²) >= 11 is 0. The molecule has 1 N–H and O–H groups in total. The summed E-state index contributed by atoms with van der Waals surface area (Å²) in [5, 5.41) is 47.2. The molecule has 0 saturated carbocycles. The van der Waals surface area contributed by atoms with Crippen LogP contribution in [0.5, 0.6) is 5.88 Å². The second-order valence-corrected chi connectivity index (χ2v) is 41.4. The summed E-state index contributed by atoms with van der Waals surface area (Å²) in [7, 11) is 7.56. The van der Waals surface area contributed by atoms with E-state index in [1.807, 2.05) is 106 Å². The second-order valence-electron chi connectivity index (χ2n) is 41.4. The Morgan fingerprint density at radius 2 is 0.865 bits per heavy atom. The number of rotatable bonds is 15. The SMILES string of the molecule is CC(=O)N1CCc2c(c(N3CCCc4cc(-c5cnn(C)c5C)c(C#N)cc43)nn2C2CCOCC2)C1.CC(=O)N1CCc2c(c(N3C[C@H](c4ccccc4)Cc4cc(-c5cnn(C)c5)ccc43)nn2[C@H]2CCOC2)C1.CCOc1ccc(-c2ccc3c(c2)CCCN3c2nn([C@H]3CCOC3)c3c2CN(C(C)=O)CC3)cn1.CNC(=O)N1CCc2c(c(N3CCCc4cc(-c5cnn(C)c5C)ccc43)nn2C2CCOCC2)C1. The van der Waals surface area contributed by atoms with Crippen LogP contribution in [-0.4, -0.2) is 236 Å². The highest BCUT2D eigenvalue weighted by molar-refractivity contribution is 5.84. The van der Waals surface area contributed by atoms with Crippen LogP contribution in [0, 0.1) is 25.2 Å². The molecule has 0 unspecified atom stereocenters. The van der Waals surface area contributed by atoms with Crippen molar-refractivity contribution >= 4 is 69.8 Å². The molecule has 12 aliphatic rings. The van der Waals surface area contributed by atoms with Crippen molar-refractivity contribution in [2.75, 3.05) is 138 Å². The van der Waals surface area contributed by atoms with Gasteiger partial charge in [-0.25, -0.2) is 9.78 Å². The van der Waals surface area contributed by atoms with Crippen molar-refractivity contribution < 1.29 is 42.9 Å². The number of nitrogens with one attached hydrogen (secondary N) is 1. The number of pyridine rings is 1. The zero-order chi connectivity index (χ0) is 102. The minimum absolute atomic E-state index is 0.0269. The average molecular weight is 2000 g/mol. The van der Waals surface area contributed by atoms with Crippen LogP contribution in [0.1, 0.15) is 205 Å². The first-order valence-electron chi connectivity index (χ1n) is 53.3. The van der Waals surface area contributed by atoms with Crippen molar-refractivity contribution in [3.8, 4) is 56.5 Å². The topological polar surface area (TPSA) is 314 Å². The molecular formula is C114H135N25O9. The zero-order valence-electron chi connectivity index (χ0n) is 86.9. The van der Waals surface area contributed by atoms with Gasteiger partial charge in [0.1, 0.15) is 0 Å². The van der Waals surface area contributed by atoms with Gasteiger partial charge in [0, 0.05) is 298 Å². The van der Waals surface area contributed by atoms with Crippen molar-refractivity contribution in [1.29, 1.82) is 5.26 Å². The van der Waals surface area contributed by atoms with Crippen molar-refractivity contribution in [2.45, 2.75) is 207 Å². The highest BCUT2D eigenvalue weighted by Crippen LogP contribution is 2.50. The van der Waals surface area contributed by atoms with E-state index in [2.05, 4.69) is 180 Å². The van der Waals surface area contributed by atoms with E-state index in [9.17, 15) is 24.4 Å². The molecule has 13 aromatic rings. The molecule has 3 atom stereocenters. The number of amides is 5. The van der Waals surface area contributed by atoms with Gasteiger partial charge in [0.25, 0.3) is 0 Å². The molecule has 5 aromatic carbocycles. The summed E-state index contributed by atoms with van der Waals surface area (Å²) in [5.41, 5.74) is 32.7. The Balaban J connectivity index is 0.000000112. The average Bonchev–Trinajstić information content (AvgIpc) is 1.58. The van der Waals surface area contributed by atoms with Crippen LogP contribution in [0.15, 0.2) is 140 Å². The number of hydrogen-bond acceptors (Lipinski definition) is 22. The molecule has 4 fully saturated rings. The Morgan fingerprint density at radius 1 is 0.432 bits per heavy atom. The maximum Gasteiger partial charge on any atom is 0.317 e. The normalized spacial score (nSPS) is 19.0. The fourth-order valence-electron chi connectivity index (χ4n) is 24.3. The van der Waals surface area contributed by atoms with E-state index in [0.717, 1.165) is 263 Å². The number of aromatic nitrogens is 15. The molecule has 20 heterocycles. The number of fused-ring (bicyclic) bond motifs is 8. The van der Waals surface area contributed by atoms with Crippen LogP contribution in [-0.2, 0) is 132 Å². The van der Waals surface area contributed by atoms with E-state index in [-0.39, 0.29) is 35.8 Å². The number of urea groups is 1. The van der Waals surface area contributed by atoms with Crippen LogP contribution in [0.4, 0.5) is 50.8 Å². The summed E-state index contributed by atoms with van der Waals surface area (Å²) in [6.07, 6.45) is 25.9. The van der Waals surface area contributed by atoms with Gasteiger partial charge < -0.3 is 68.2 Å². The number of benzene rings is 5. The van der Waals surface area contributed by atoms with Gasteiger partial charge >= 0.3 is 6.03 Å². The lowest BCUT2D eigenvalue weighted by Gasteiger charge is -2.37. The van der Waals surface area contributed by atoms with Gasteiger partial charge in [0.15, 0.2) is 23.3 Å². The van der Waals surface area contributed by atoms with Crippen LogP contribution < -0.4 is 29.7 Å². The summed E-state index contributed by atoms with van der Waals surface area (Å²) in [4.78, 5) is 71.1. The van der Waals surface area contributed by atoms with Gasteiger partial charge in [-0.2, -0.15) is 41.0 Å². The molecule has 12 aliphatic heterocycles. The molecule has 0 radical (unpaired) electrons. The van der Waals surface area contributed by atoms with Gasteiger partial charge in [-0.05, 0) is 203 Å². The summed E-state index contributed by atoms with van der Waals surface area (Å²) in [6.45, 7) is 26.5. The quantitative estimate of drug-likeness (QED) is 0.0996. The van der Waals surface area contributed by atoms with Crippen molar-refractivity contribution in [2.24, 2.45) is 21.1 Å². The van der Waals surface area contributed by atoms with Gasteiger partial charge in [0.05, 0.1) is 100 Å². The predicted octanol–water partition coefficient (Wildman–Crippen LogP) is 16.5. The van der Waals surface area contributed by atoms with Crippen LogP contribution >= 0.6 is 0 Å². The first-order valence-corrected chi connectivity index (χ1v) is 53.3. The molecule has 34 nitrogen and oxygen atoms in total. The molecule has 34 heteroatoms. The fourth-order valence-corrected chi connectivity index (χ4v) is 24.3. The van der Waals surface area contributed by atoms with E-state index in [4.69, 9.17) is 44.1 Å². The Labute approximate surface area is 864 Å². The lowest BCUT2D eigenvalue weighted by molar-refractivity contribution is -0.130. The number of anilines is 8. The van der Waals surface area contributed by atoms with Crippen LogP contribution in [0.25, 0.3) is 44.5 Å². The minimum atomic E-state index is -0.0269. The molecule has 25 rings (SSSR count). The van der Waals surface area contributed by atoms with E-state index in [1.54, 1.807) is 27.8 Å². The van der Waals surface area contributed by atoms with Crippen LogP contribution in [0.3, 0.4) is 0 Å². The maximum absolute atomic E-state index is 12.5. The summed E-state index contributed by atoms with van der Waals surface area (Å²) < 4.78 is 42.8. The Hall–Kier alpha value is -14.3. The fraction of sp³-hybridized carbons (Fsp3) is 0.465. The number of nitriles is 1. The molecule has 5 amide bonds. The number of hydrogen-bond donors (Lipinski definition) is 1. The van der Waals surface area contributed by atoms with E-state index in [1.165, 1.54) is 107 Å². The predicted molar refractivity (Wildman–Crippen MR) is 566 cm³/mol. The standard InChI is InChI=1S/C31H34N6O2.C28H33N7O2.C28H33N5O3.C27H35N7O2/c1-21(38)35-12-10-30-28(19-35)31(33-37(30)27-11-13-39-20-27)36-18-25(22-6-4-3-5-7-22)15-24-14-23(8-9-29(24)36)26-16-32-34(2)17-26;1-18-24(16-30-32(18)3)23-13-20-5-4-9-34(27(20)14-21(23)15-29)28-25-17-33(19(2)36)10-6-26(25)35(31-28)22-7-11-37-12-8-22;1-3-36-27-9-7-22(16-29-27)20-6-8-25-21(15-20)5-4-12-32(25)28-24-17-31(19(2)34)13-10-26(24)33(30-28)23-11-14-35-18-23;1-18-22(16-29-31(18)3)19-6-7-24-20(15-19)5-4-11-33(24)26-23-17-32(27(35)28-2)12-8-25(23)34(30-26)21-9-13-36-14-10-21/h3-9,14,16-17,25,27H,10-13,15,18-20H2,1-2H3;13-14,16,22H,4-12,17H2,1-3H3;6-9,15-16,23H,3-5,10-14,17-18H2,1-2H3;6-7,15-16,21H,4-5,8-14,17H2,1-3H3,(H,28,35)/t25-,27+;;23-;/m1.0./s1. The maximum atomic E-state index is 12.5. The van der Waals surface area contributed by atoms with E-state index >= 15 is 0 Å². The van der Waals surface area contributed by atoms with Gasteiger partial charge in [-0.1, -0.05) is 48.5 Å². The Morgan fingerprint density at radius 3 is 1.32 bits per heavy atom. The third-order valence-corrected chi connectivity index (χ3v) is 32.5. The van der Waals surface area contributed by atoms with Gasteiger partial charge in [-0.15, -0.1) is 0 Å². The van der Waals surface area contributed by atoms with Crippen molar-refractivity contribution in [3.05, 3.63) is 230 Å². The zero-order valence-corrected chi connectivity index (χ0v) is 86.9. The van der Waals surface area contributed by atoms with Crippen molar-refractivity contribution in [3.63, 3.8) is 0 Å². The van der Waals surface area contributed by atoms with Crippen molar-refractivity contribution in [1.82, 2.24) is 98.4 Å². The first-order chi connectivity index (χ1) is 72.2. The van der Waals surface area contributed by atoms with Gasteiger partial charge in [-0.3, -0.25) is 47.2 Å². The third-order valence-electron chi connectivity index (χ3n) is 32.5. The molecule has 0 spiro atoms. The Bertz CT molecular complexity index is 7150. The highest BCUT2D eigenvalue weighted by Gasteiger charge is 2.42. The second kappa shape index (κ2) is 42.5. The monoisotopic (exact) mass is 2000 g/mol. The van der Waals surface area contributed by atoms with Crippen LogP contribution in [0.2, 0.25) is 0 Å². The lowest BCUT2D eigenvalue weighted by Crippen LogP contribution is -2.42. The number of carbonyl (C=O) groups excluding carboxylic acids is 4.